The molecule has 0 aromatic carbocycles. The summed E-state index contributed by atoms with van der Waals surface area (Å²) in [5, 5.41) is 6.95. The van der Waals surface area contributed by atoms with Gasteiger partial charge in [0, 0.05) is 44.9 Å². The van der Waals surface area contributed by atoms with Crippen LogP contribution in [0.3, 0.4) is 0 Å². The number of nitrogens with zero attached hydrogens (tertiary/aromatic N) is 4. The molecule has 7 nitrogen and oxygen atoms in total. The van der Waals surface area contributed by atoms with Crippen molar-refractivity contribution in [1.29, 1.82) is 0 Å². The van der Waals surface area contributed by atoms with Crippen LogP contribution < -0.4 is 10.6 Å². The maximum atomic E-state index is 5.63. The van der Waals surface area contributed by atoms with Crippen molar-refractivity contribution in [2.24, 2.45) is 10.4 Å². The van der Waals surface area contributed by atoms with Crippen LogP contribution in [0.5, 0.6) is 0 Å². The van der Waals surface area contributed by atoms with E-state index in [1.165, 1.54) is 25.7 Å². The lowest BCUT2D eigenvalue weighted by Crippen LogP contribution is -2.43. The Morgan fingerprint density at radius 1 is 1.23 bits per heavy atom. The first-order valence-corrected chi connectivity index (χ1v) is 10.8. The highest BCUT2D eigenvalue weighted by Gasteiger charge is 2.33. The van der Waals surface area contributed by atoms with Crippen molar-refractivity contribution in [3.05, 3.63) is 42.6 Å². The van der Waals surface area contributed by atoms with E-state index in [2.05, 4.69) is 40.5 Å². The van der Waals surface area contributed by atoms with Crippen LogP contribution in [-0.2, 0) is 11.3 Å². The molecule has 30 heavy (non-hydrogen) atoms. The van der Waals surface area contributed by atoms with Crippen LogP contribution in [0.25, 0.3) is 5.82 Å². The monoisotopic (exact) mass is 526 g/mol. The van der Waals surface area contributed by atoms with Crippen LogP contribution in [0, 0.1) is 5.41 Å². The number of ether oxygens (including phenoxy) is 1. The summed E-state index contributed by atoms with van der Waals surface area (Å²) < 4.78 is 7.52. The Hall–Kier alpha value is -1.68. The first-order valence-electron chi connectivity index (χ1n) is 10.8. The molecule has 0 spiro atoms. The molecule has 2 heterocycles. The zero-order valence-corrected chi connectivity index (χ0v) is 20.5. The highest BCUT2D eigenvalue weighted by molar-refractivity contribution is 14.0. The van der Waals surface area contributed by atoms with Crippen molar-refractivity contribution in [1.82, 2.24) is 25.2 Å². The summed E-state index contributed by atoms with van der Waals surface area (Å²) >= 11 is 0. The van der Waals surface area contributed by atoms with Gasteiger partial charge in [-0.3, -0.25) is 4.57 Å². The molecule has 0 radical (unpaired) electrons. The van der Waals surface area contributed by atoms with Crippen LogP contribution >= 0.6 is 24.0 Å². The van der Waals surface area contributed by atoms with Gasteiger partial charge >= 0.3 is 0 Å². The number of guanidine groups is 1. The van der Waals surface area contributed by atoms with Crippen LogP contribution in [0.2, 0.25) is 0 Å². The lowest BCUT2D eigenvalue weighted by Gasteiger charge is -2.30. The second-order valence-corrected chi connectivity index (χ2v) is 7.70. The van der Waals surface area contributed by atoms with Gasteiger partial charge in [0.15, 0.2) is 5.96 Å². The molecule has 0 saturated heterocycles. The number of imidazole rings is 1. The third kappa shape index (κ3) is 7.23. The Morgan fingerprint density at radius 3 is 2.70 bits per heavy atom. The van der Waals surface area contributed by atoms with Crippen molar-refractivity contribution in [2.45, 2.75) is 52.5 Å². The summed E-state index contributed by atoms with van der Waals surface area (Å²) in [6.07, 6.45) is 13.6. The van der Waals surface area contributed by atoms with E-state index in [9.17, 15) is 0 Å². The highest BCUT2D eigenvalue weighted by Crippen LogP contribution is 2.40. The Labute approximate surface area is 197 Å². The third-order valence-electron chi connectivity index (χ3n) is 5.62. The molecule has 0 unspecified atom stereocenters. The topological polar surface area (TPSA) is 76.4 Å². The molecule has 2 aromatic heterocycles. The lowest BCUT2D eigenvalue weighted by molar-refractivity contribution is 0.105. The van der Waals surface area contributed by atoms with Gasteiger partial charge in [-0.05, 0) is 50.2 Å². The Morgan fingerprint density at radius 2 is 2.07 bits per heavy atom. The molecule has 2 N–H and O–H groups in total. The van der Waals surface area contributed by atoms with Crippen molar-refractivity contribution < 1.29 is 4.74 Å². The quantitative estimate of drug-likeness (QED) is 0.213. The van der Waals surface area contributed by atoms with Gasteiger partial charge in [-0.2, -0.15) is 0 Å². The van der Waals surface area contributed by atoms with Gasteiger partial charge in [0.1, 0.15) is 12.1 Å². The molecule has 3 rings (SSSR count). The minimum Gasteiger partial charge on any atom is -0.382 e. The molecule has 1 aliphatic carbocycles. The maximum Gasteiger partial charge on any atom is 0.191 e. The van der Waals surface area contributed by atoms with Crippen molar-refractivity contribution in [3.63, 3.8) is 0 Å². The number of halogens is 1. The zero-order valence-electron chi connectivity index (χ0n) is 18.1. The number of aromatic nitrogens is 3. The van der Waals surface area contributed by atoms with E-state index in [0.717, 1.165) is 50.1 Å². The van der Waals surface area contributed by atoms with Gasteiger partial charge in [0.2, 0.25) is 0 Å². The summed E-state index contributed by atoms with van der Waals surface area (Å²) in [6.45, 7) is 8.19. The van der Waals surface area contributed by atoms with Gasteiger partial charge in [0.25, 0.3) is 0 Å². The van der Waals surface area contributed by atoms with Crippen LogP contribution in [0.1, 0.15) is 51.5 Å². The number of nitrogens with one attached hydrogen (secondary N) is 2. The normalized spacial score (nSPS) is 15.6. The van der Waals surface area contributed by atoms with Crippen LogP contribution in [-0.4, -0.2) is 46.8 Å². The second-order valence-electron chi connectivity index (χ2n) is 7.70. The van der Waals surface area contributed by atoms with E-state index in [4.69, 9.17) is 9.73 Å². The minimum atomic E-state index is 0. The highest BCUT2D eigenvalue weighted by atomic mass is 127. The molecule has 0 amide bonds. The molecule has 8 heteroatoms. The fourth-order valence-electron chi connectivity index (χ4n) is 3.91. The van der Waals surface area contributed by atoms with Gasteiger partial charge < -0.3 is 15.4 Å². The molecular formula is C22H35IN6O. The molecule has 1 aliphatic rings. The standard InChI is InChI=1S/C22H34N6O.HI/c1-3-24-21(27-17-22(9-5-6-10-22)11-14-29-4-2)26-16-19-7-8-20(25-15-19)28-13-12-23-18-28;/h7-8,12-13,15,18H,3-6,9-11,14,16-17H2,1-2H3,(H2,24,26,27);1H. The molecule has 166 valence electrons. The Kier molecular flexibility index (Phi) is 10.6. The van der Waals surface area contributed by atoms with E-state index in [-0.39, 0.29) is 24.0 Å². The first-order chi connectivity index (χ1) is 14.2. The third-order valence-corrected chi connectivity index (χ3v) is 5.62. The molecule has 0 aliphatic heterocycles. The summed E-state index contributed by atoms with van der Waals surface area (Å²) in [7, 11) is 0. The summed E-state index contributed by atoms with van der Waals surface area (Å²) in [5.41, 5.74) is 1.41. The van der Waals surface area contributed by atoms with Gasteiger partial charge in [0.05, 0.1) is 6.54 Å². The number of pyridine rings is 1. The molecule has 0 bridgehead atoms. The van der Waals surface area contributed by atoms with Crippen molar-refractivity contribution >= 4 is 29.9 Å². The molecular weight excluding hydrogens is 491 g/mol. The average molecular weight is 526 g/mol. The number of rotatable bonds is 10. The SMILES string of the molecule is CCNC(=NCc1ccc(-n2ccnc2)nc1)NCC1(CCOCC)CCCC1.I. The van der Waals surface area contributed by atoms with Crippen molar-refractivity contribution in [3.8, 4) is 5.82 Å². The maximum absolute atomic E-state index is 5.63. The van der Waals surface area contributed by atoms with Gasteiger partial charge in [-0.15, -0.1) is 24.0 Å². The Balaban J connectivity index is 0.00000320. The van der Waals surface area contributed by atoms with Crippen LogP contribution in [0.4, 0.5) is 0 Å². The molecule has 0 atom stereocenters. The van der Waals surface area contributed by atoms with E-state index >= 15 is 0 Å². The number of hydrogen-bond acceptors (Lipinski definition) is 4. The second kappa shape index (κ2) is 12.9. The molecule has 1 saturated carbocycles. The number of hydrogen-bond donors (Lipinski definition) is 2. The summed E-state index contributed by atoms with van der Waals surface area (Å²) in [5.74, 6) is 1.73. The fourth-order valence-corrected chi connectivity index (χ4v) is 3.91. The minimum absolute atomic E-state index is 0. The van der Waals surface area contributed by atoms with Gasteiger partial charge in [-0.25, -0.2) is 15.0 Å². The van der Waals surface area contributed by atoms with E-state index in [0.29, 0.717) is 12.0 Å². The fraction of sp³-hybridized carbons (Fsp3) is 0.591. The number of aliphatic imine (C=N–C) groups is 1. The summed E-state index contributed by atoms with van der Waals surface area (Å²) in [4.78, 5) is 13.3. The zero-order chi connectivity index (χ0) is 20.4. The summed E-state index contributed by atoms with van der Waals surface area (Å²) in [6, 6.07) is 4.06. The van der Waals surface area contributed by atoms with Crippen LogP contribution in [0.15, 0.2) is 42.0 Å². The predicted octanol–water partition coefficient (Wildman–Crippen LogP) is 3.93. The average Bonchev–Trinajstić information content (AvgIpc) is 3.44. The van der Waals surface area contributed by atoms with Gasteiger partial charge in [-0.1, -0.05) is 18.9 Å². The van der Waals surface area contributed by atoms with E-state index < -0.39 is 0 Å². The van der Waals surface area contributed by atoms with E-state index in [1.54, 1.807) is 12.5 Å². The molecule has 1 fully saturated rings. The van der Waals surface area contributed by atoms with E-state index in [1.807, 2.05) is 23.0 Å². The first kappa shape index (κ1) is 24.6. The smallest absolute Gasteiger partial charge is 0.191 e. The largest absolute Gasteiger partial charge is 0.382 e. The lowest BCUT2D eigenvalue weighted by atomic mass is 9.83. The molecule has 2 aromatic rings. The van der Waals surface area contributed by atoms with Crippen molar-refractivity contribution in [2.75, 3.05) is 26.3 Å². The Bertz CT molecular complexity index is 741. The predicted molar refractivity (Wildman–Crippen MR) is 132 cm³/mol.